The van der Waals surface area contributed by atoms with E-state index in [-0.39, 0.29) is 11.7 Å². The molecule has 0 atom stereocenters. The maximum atomic E-state index is 13.1. The third kappa shape index (κ3) is 4.31. The van der Waals surface area contributed by atoms with Crippen molar-refractivity contribution in [2.75, 3.05) is 26.2 Å². The maximum Gasteiger partial charge on any atom is 0.230 e. The molecule has 1 amide bonds. The van der Waals surface area contributed by atoms with Gasteiger partial charge in [-0.15, -0.1) is 0 Å². The van der Waals surface area contributed by atoms with Crippen LogP contribution in [-0.2, 0) is 10.2 Å². The smallest absolute Gasteiger partial charge is 0.230 e. The van der Waals surface area contributed by atoms with Crippen LogP contribution < -0.4 is 5.32 Å². The fraction of sp³-hybridized carbons (Fsp3) is 0.632. The maximum absolute atomic E-state index is 13.1. The quantitative estimate of drug-likeness (QED) is 0.707. The van der Waals surface area contributed by atoms with Crippen LogP contribution >= 0.6 is 0 Å². The van der Waals surface area contributed by atoms with Crippen LogP contribution in [0.4, 0.5) is 4.39 Å². The normalized spacial score (nSPS) is 16.2. The summed E-state index contributed by atoms with van der Waals surface area (Å²) < 4.78 is 13.1. The van der Waals surface area contributed by atoms with Crippen molar-refractivity contribution in [1.29, 1.82) is 0 Å². The van der Waals surface area contributed by atoms with Crippen molar-refractivity contribution in [3.63, 3.8) is 0 Å². The second-order valence-corrected chi connectivity index (χ2v) is 6.43. The molecule has 0 saturated heterocycles. The van der Waals surface area contributed by atoms with E-state index in [1.165, 1.54) is 12.1 Å². The van der Waals surface area contributed by atoms with E-state index in [0.717, 1.165) is 63.8 Å². The number of amides is 1. The van der Waals surface area contributed by atoms with Gasteiger partial charge in [0.15, 0.2) is 0 Å². The van der Waals surface area contributed by atoms with Crippen LogP contribution in [0.15, 0.2) is 24.3 Å². The van der Waals surface area contributed by atoms with Crippen LogP contribution in [0.2, 0.25) is 0 Å². The predicted octanol–water partition coefficient (Wildman–Crippen LogP) is 3.49. The number of carbonyl (C=O) groups excluding carboxylic acids is 1. The van der Waals surface area contributed by atoms with Crippen LogP contribution in [0.5, 0.6) is 0 Å². The lowest BCUT2D eigenvalue weighted by Gasteiger charge is -2.40. The molecule has 1 fully saturated rings. The molecule has 1 aromatic rings. The average Bonchev–Trinajstić information content (AvgIpc) is 2.51. The minimum atomic E-state index is -0.424. The topological polar surface area (TPSA) is 32.3 Å². The van der Waals surface area contributed by atoms with Crippen LogP contribution in [-0.4, -0.2) is 37.0 Å². The highest BCUT2D eigenvalue weighted by Gasteiger charge is 2.45. The summed E-state index contributed by atoms with van der Waals surface area (Å²) in [6.07, 6.45) is 4.90. The molecule has 0 aliphatic heterocycles. The van der Waals surface area contributed by atoms with Crippen molar-refractivity contribution in [2.24, 2.45) is 0 Å². The zero-order chi connectivity index (χ0) is 16.7. The van der Waals surface area contributed by atoms with Crippen LogP contribution in [0, 0.1) is 5.82 Å². The Morgan fingerprint density at radius 2 is 1.83 bits per heavy atom. The number of benzene rings is 1. The third-order valence-electron chi connectivity index (χ3n) is 5.12. The number of nitrogens with zero attached hydrogens (tertiary/aromatic N) is 1. The molecule has 0 heterocycles. The van der Waals surface area contributed by atoms with E-state index in [9.17, 15) is 9.18 Å². The highest BCUT2D eigenvalue weighted by Crippen LogP contribution is 2.43. The second kappa shape index (κ2) is 8.44. The van der Waals surface area contributed by atoms with Crippen molar-refractivity contribution >= 4 is 5.91 Å². The first-order valence-electron chi connectivity index (χ1n) is 8.89. The first kappa shape index (κ1) is 17.9. The number of rotatable bonds is 9. The predicted molar refractivity (Wildman–Crippen MR) is 92.0 cm³/mol. The molecule has 0 radical (unpaired) electrons. The summed E-state index contributed by atoms with van der Waals surface area (Å²) in [6, 6.07) is 6.42. The molecule has 1 aliphatic rings. The Kier molecular flexibility index (Phi) is 6.58. The van der Waals surface area contributed by atoms with Gasteiger partial charge in [-0.2, -0.15) is 0 Å². The van der Waals surface area contributed by atoms with Crippen molar-refractivity contribution < 1.29 is 9.18 Å². The van der Waals surface area contributed by atoms with E-state index in [1.54, 1.807) is 12.1 Å². The first-order valence-corrected chi connectivity index (χ1v) is 8.89. The number of hydrogen-bond donors (Lipinski definition) is 1. The van der Waals surface area contributed by atoms with Gasteiger partial charge in [0.25, 0.3) is 0 Å². The van der Waals surface area contributed by atoms with Crippen molar-refractivity contribution in [2.45, 2.75) is 51.4 Å². The SMILES string of the molecule is CCN(CC)CCCCNC(=O)C1(c2ccc(F)cc2)CCC1. The summed E-state index contributed by atoms with van der Waals surface area (Å²) in [6.45, 7) is 8.32. The van der Waals surface area contributed by atoms with Gasteiger partial charge in [-0.25, -0.2) is 4.39 Å². The lowest BCUT2D eigenvalue weighted by atomic mass is 9.64. The number of halogens is 1. The molecule has 23 heavy (non-hydrogen) atoms. The first-order chi connectivity index (χ1) is 11.1. The van der Waals surface area contributed by atoms with Gasteiger partial charge in [0.05, 0.1) is 5.41 Å². The minimum Gasteiger partial charge on any atom is -0.355 e. The van der Waals surface area contributed by atoms with Gasteiger partial charge in [0.1, 0.15) is 5.82 Å². The summed E-state index contributed by atoms with van der Waals surface area (Å²) in [7, 11) is 0. The summed E-state index contributed by atoms with van der Waals surface area (Å²) >= 11 is 0. The van der Waals surface area contributed by atoms with Gasteiger partial charge in [-0.05, 0) is 63.0 Å². The molecule has 1 aliphatic carbocycles. The molecule has 0 spiro atoms. The van der Waals surface area contributed by atoms with Crippen LogP contribution in [0.1, 0.15) is 51.5 Å². The molecular weight excluding hydrogens is 291 g/mol. The Bertz CT molecular complexity index is 493. The Hall–Kier alpha value is -1.42. The summed E-state index contributed by atoms with van der Waals surface area (Å²) in [5, 5.41) is 3.10. The highest BCUT2D eigenvalue weighted by molar-refractivity contribution is 5.89. The molecule has 4 heteroatoms. The molecule has 0 aromatic heterocycles. The van der Waals surface area contributed by atoms with Gasteiger partial charge in [0, 0.05) is 6.54 Å². The largest absolute Gasteiger partial charge is 0.355 e. The molecule has 2 rings (SSSR count). The van der Waals surface area contributed by atoms with Crippen LogP contribution in [0.25, 0.3) is 0 Å². The van der Waals surface area contributed by atoms with E-state index < -0.39 is 5.41 Å². The van der Waals surface area contributed by atoms with Gasteiger partial charge < -0.3 is 10.2 Å². The standard InChI is InChI=1S/C19H29FN2O/c1-3-22(4-2)15-6-5-14-21-18(23)19(12-7-13-19)16-8-10-17(20)11-9-16/h8-11H,3-7,12-15H2,1-2H3,(H,21,23). The molecule has 3 nitrogen and oxygen atoms in total. The molecule has 1 saturated carbocycles. The van der Waals surface area contributed by atoms with Crippen molar-refractivity contribution in [3.8, 4) is 0 Å². The lowest BCUT2D eigenvalue weighted by molar-refractivity contribution is -0.129. The molecule has 128 valence electrons. The fourth-order valence-corrected chi connectivity index (χ4v) is 3.32. The summed E-state index contributed by atoms with van der Waals surface area (Å²) in [5.74, 6) is -0.141. The number of nitrogens with one attached hydrogen (secondary N) is 1. The van der Waals surface area contributed by atoms with Gasteiger partial charge in [0.2, 0.25) is 5.91 Å². The van der Waals surface area contributed by atoms with Crippen LogP contribution in [0.3, 0.4) is 0 Å². The molecule has 0 bridgehead atoms. The number of unbranched alkanes of at least 4 members (excludes halogenated alkanes) is 1. The fourth-order valence-electron chi connectivity index (χ4n) is 3.32. The Morgan fingerprint density at radius 3 is 2.35 bits per heavy atom. The zero-order valence-electron chi connectivity index (χ0n) is 14.4. The molecule has 0 unspecified atom stereocenters. The Labute approximate surface area is 139 Å². The van der Waals surface area contributed by atoms with E-state index in [0.29, 0.717) is 0 Å². The Balaban J connectivity index is 1.81. The van der Waals surface area contributed by atoms with Crippen molar-refractivity contribution in [1.82, 2.24) is 10.2 Å². The zero-order valence-corrected chi connectivity index (χ0v) is 14.4. The highest BCUT2D eigenvalue weighted by atomic mass is 19.1. The molecular formula is C19H29FN2O. The van der Waals surface area contributed by atoms with Gasteiger partial charge in [-0.3, -0.25) is 4.79 Å². The van der Waals surface area contributed by atoms with E-state index >= 15 is 0 Å². The lowest BCUT2D eigenvalue weighted by Crippen LogP contribution is -2.49. The molecule has 1 aromatic carbocycles. The monoisotopic (exact) mass is 320 g/mol. The minimum absolute atomic E-state index is 0.109. The summed E-state index contributed by atoms with van der Waals surface area (Å²) in [4.78, 5) is 15.0. The van der Waals surface area contributed by atoms with Crippen molar-refractivity contribution in [3.05, 3.63) is 35.6 Å². The van der Waals surface area contributed by atoms with Gasteiger partial charge in [-0.1, -0.05) is 32.4 Å². The number of carbonyl (C=O) groups is 1. The Morgan fingerprint density at radius 1 is 1.17 bits per heavy atom. The number of hydrogen-bond acceptors (Lipinski definition) is 2. The average molecular weight is 320 g/mol. The van der Waals surface area contributed by atoms with E-state index in [1.807, 2.05) is 0 Å². The second-order valence-electron chi connectivity index (χ2n) is 6.43. The van der Waals surface area contributed by atoms with E-state index in [2.05, 4.69) is 24.1 Å². The van der Waals surface area contributed by atoms with E-state index in [4.69, 9.17) is 0 Å². The third-order valence-corrected chi connectivity index (χ3v) is 5.12. The van der Waals surface area contributed by atoms with Gasteiger partial charge >= 0.3 is 0 Å². The summed E-state index contributed by atoms with van der Waals surface area (Å²) in [5.41, 5.74) is 0.526. The molecule has 1 N–H and O–H groups in total.